The highest BCUT2D eigenvalue weighted by atomic mass is 35.5. The van der Waals surface area contributed by atoms with Gasteiger partial charge in [-0.25, -0.2) is 4.98 Å². The third-order valence-corrected chi connectivity index (χ3v) is 5.64. The van der Waals surface area contributed by atoms with E-state index in [2.05, 4.69) is 10.3 Å². The Kier molecular flexibility index (Phi) is 6.60. The van der Waals surface area contributed by atoms with E-state index in [9.17, 15) is 22.8 Å². The number of nitrogens with zero attached hydrogens (tertiary/aromatic N) is 2. The van der Waals surface area contributed by atoms with E-state index in [4.69, 9.17) is 16.3 Å². The molecule has 1 N–H and O–H groups in total. The van der Waals surface area contributed by atoms with Gasteiger partial charge in [-0.15, -0.1) is 0 Å². The van der Waals surface area contributed by atoms with Crippen molar-refractivity contribution in [2.75, 3.05) is 11.9 Å². The summed E-state index contributed by atoms with van der Waals surface area (Å²) in [6.07, 6.45) is 0.155. The van der Waals surface area contributed by atoms with Gasteiger partial charge in [0.2, 0.25) is 0 Å². The monoisotopic (exact) mass is 479 g/mol. The second-order valence-electron chi connectivity index (χ2n) is 7.88. The summed E-state index contributed by atoms with van der Waals surface area (Å²) in [4.78, 5) is 30.4. The van der Waals surface area contributed by atoms with Gasteiger partial charge < -0.3 is 10.1 Å². The zero-order valence-corrected chi connectivity index (χ0v) is 18.3. The minimum Gasteiger partial charge on any atom is -0.482 e. The summed E-state index contributed by atoms with van der Waals surface area (Å²) < 4.78 is 44.2. The summed E-state index contributed by atoms with van der Waals surface area (Å²) >= 11 is 5.95. The third kappa shape index (κ3) is 5.47. The number of benzene rings is 2. The first-order valence-electron chi connectivity index (χ1n) is 10.6. The zero-order valence-electron chi connectivity index (χ0n) is 17.5. The van der Waals surface area contributed by atoms with E-state index >= 15 is 0 Å². The van der Waals surface area contributed by atoms with Crippen LogP contribution in [0, 0.1) is 0 Å². The van der Waals surface area contributed by atoms with Gasteiger partial charge in [0.05, 0.1) is 16.6 Å². The largest absolute Gasteiger partial charge is 0.482 e. The molecule has 4 rings (SSSR count). The van der Waals surface area contributed by atoms with Gasteiger partial charge in [-0.1, -0.05) is 24.4 Å². The van der Waals surface area contributed by atoms with E-state index in [1.165, 1.54) is 30.3 Å². The second-order valence-corrected chi connectivity index (χ2v) is 8.32. The zero-order chi connectivity index (χ0) is 23.6. The fraction of sp³-hybridized carbons (Fsp3) is 0.348. The van der Waals surface area contributed by atoms with Crippen LogP contribution in [-0.4, -0.2) is 28.2 Å². The minimum absolute atomic E-state index is 0.00283. The lowest BCUT2D eigenvalue weighted by molar-refractivity contribution is -0.153. The van der Waals surface area contributed by atoms with Crippen molar-refractivity contribution < 1.29 is 22.7 Å². The highest BCUT2D eigenvalue weighted by molar-refractivity contribution is 6.31. The second kappa shape index (κ2) is 9.43. The van der Waals surface area contributed by atoms with Gasteiger partial charge in [0.25, 0.3) is 11.5 Å². The summed E-state index contributed by atoms with van der Waals surface area (Å²) in [5, 5.41) is 3.17. The normalized spacial score (nSPS) is 14.3. The smallest absolute Gasteiger partial charge is 0.422 e. The Labute approximate surface area is 192 Å². The highest BCUT2D eigenvalue weighted by Gasteiger charge is 2.29. The maximum atomic E-state index is 12.9. The molecular weight excluding hydrogens is 459 g/mol. The van der Waals surface area contributed by atoms with E-state index in [0.29, 0.717) is 29.7 Å². The van der Waals surface area contributed by atoms with Gasteiger partial charge in [0.15, 0.2) is 6.61 Å². The molecule has 0 bridgehead atoms. The average Bonchev–Trinajstić information content (AvgIpc) is 2.73. The molecule has 0 saturated carbocycles. The summed E-state index contributed by atoms with van der Waals surface area (Å²) in [6.45, 7) is -0.888. The Morgan fingerprint density at radius 1 is 1.12 bits per heavy atom. The molecule has 0 fully saturated rings. The molecule has 0 spiro atoms. The van der Waals surface area contributed by atoms with Crippen molar-refractivity contribution in [2.24, 2.45) is 0 Å². The molecule has 0 unspecified atom stereocenters. The molecule has 3 aromatic rings. The standard InChI is InChI=1S/C23H21ClF3N3O3/c24-15-7-9-19(33-13-23(25,26)27)18(12-15)29-21(31)14-6-8-16-17(11-14)28-20-5-3-1-2-4-10-30(20)22(16)32/h6-9,11-12H,1-5,10,13H2,(H,29,31). The molecule has 0 atom stereocenters. The molecule has 1 amide bonds. The molecule has 1 aromatic heterocycles. The molecule has 0 radical (unpaired) electrons. The van der Waals surface area contributed by atoms with E-state index in [0.717, 1.165) is 25.7 Å². The quantitative estimate of drug-likeness (QED) is 0.546. The lowest BCUT2D eigenvalue weighted by Gasteiger charge is -2.17. The maximum Gasteiger partial charge on any atom is 0.422 e. The van der Waals surface area contributed by atoms with E-state index in [1.54, 1.807) is 10.6 Å². The number of hydrogen-bond acceptors (Lipinski definition) is 4. The number of anilines is 1. The molecule has 33 heavy (non-hydrogen) atoms. The van der Waals surface area contributed by atoms with Gasteiger partial charge in [-0.2, -0.15) is 13.2 Å². The molecule has 174 valence electrons. The molecule has 2 aromatic carbocycles. The van der Waals surface area contributed by atoms with E-state index in [-0.39, 0.29) is 27.6 Å². The van der Waals surface area contributed by atoms with Crippen molar-refractivity contribution in [3.8, 4) is 5.75 Å². The number of amides is 1. The van der Waals surface area contributed by atoms with Crippen LogP contribution in [0.3, 0.4) is 0 Å². The van der Waals surface area contributed by atoms with Crippen LogP contribution in [0.15, 0.2) is 41.2 Å². The van der Waals surface area contributed by atoms with Gasteiger partial charge in [-0.3, -0.25) is 14.2 Å². The number of alkyl halides is 3. The maximum absolute atomic E-state index is 12.9. The number of carbonyl (C=O) groups is 1. The number of rotatable bonds is 4. The fourth-order valence-electron chi connectivity index (χ4n) is 3.82. The van der Waals surface area contributed by atoms with Crippen LogP contribution < -0.4 is 15.6 Å². The Morgan fingerprint density at radius 2 is 1.91 bits per heavy atom. The van der Waals surface area contributed by atoms with Crippen LogP contribution in [0.2, 0.25) is 5.02 Å². The van der Waals surface area contributed by atoms with Gasteiger partial charge in [-0.05, 0) is 49.2 Å². The number of hydrogen-bond donors (Lipinski definition) is 1. The van der Waals surface area contributed by atoms with Crippen LogP contribution >= 0.6 is 11.6 Å². The molecule has 6 nitrogen and oxygen atoms in total. The fourth-order valence-corrected chi connectivity index (χ4v) is 3.99. The summed E-state index contributed by atoms with van der Waals surface area (Å²) in [6, 6.07) is 8.46. The van der Waals surface area contributed by atoms with Crippen LogP contribution in [0.25, 0.3) is 10.9 Å². The first-order valence-corrected chi connectivity index (χ1v) is 10.9. The van der Waals surface area contributed by atoms with Crippen molar-refractivity contribution in [3.63, 3.8) is 0 Å². The molecule has 1 aliphatic rings. The number of halogens is 4. The van der Waals surface area contributed by atoms with E-state index in [1.807, 2.05) is 0 Å². The van der Waals surface area contributed by atoms with Crippen LogP contribution in [0.5, 0.6) is 5.75 Å². The Hall–Kier alpha value is -3.07. The SMILES string of the molecule is O=C(Nc1cc(Cl)ccc1OCC(F)(F)F)c1ccc2c(=O)n3c(nc2c1)CCCCCC3. The lowest BCUT2D eigenvalue weighted by Crippen LogP contribution is -2.26. The van der Waals surface area contributed by atoms with E-state index < -0.39 is 18.7 Å². The average molecular weight is 480 g/mol. The topological polar surface area (TPSA) is 73.2 Å². The van der Waals surface area contributed by atoms with Gasteiger partial charge in [0, 0.05) is 23.6 Å². The first kappa shape index (κ1) is 23.1. The first-order chi connectivity index (χ1) is 15.7. The molecular formula is C23H21ClF3N3O3. The highest BCUT2D eigenvalue weighted by Crippen LogP contribution is 2.30. The van der Waals surface area contributed by atoms with Gasteiger partial charge >= 0.3 is 6.18 Å². The molecule has 1 aliphatic heterocycles. The molecule has 10 heteroatoms. The van der Waals surface area contributed by atoms with Crippen LogP contribution in [0.1, 0.15) is 41.9 Å². The lowest BCUT2D eigenvalue weighted by atomic mass is 10.1. The molecule has 0 saturated heterocycles. The van der Waals surface area contributed by atoms with Gasteiger partial charge in [0.1, 0.15) is 11.6 Å². The predicted molar refractivity (Wildman–Crippen MR) is 119 cm³/mol. The predicted octanol–water partition coefficient (Wildman–Crippen LogP) is 5.36. The molecule has 0 aliphatic carbocycles. The third-order valence-electron chi connectivity index (χ3n) is 5.41. The number of aryl methyl sites for hydroxylation is 1. The number of fused-ring (bicyclic) bond motifs is 2. The van der Waals surface area contributed by atoms with Crippen LogP contribution in [-0.2, 0) is 13.0 Å². The summed E-state index contributed by atoms with van der Waals surface area (Å²) in [5.74, 6) is -0.0595. The van der Waals surface area contributed by atoms with Crippen molar-refractivity contribution in [3.05, 3.63) is 63.2 Å². The number of carbonyl (C=O) groups excluding carboxylic acids is 1. The minimum atomic E-state index is -4.53. The van der Waals surface area contributed by atoms with Crippen molar-refractivity contribution >= 4 is 34.1 Å². The summed E-state index contributed by atoms with van der Waals surface area (Å²) in [7, 11) is 0. The number of nitrogens with one attached hydrogen (secondary N) is 1. The summed E-state index contributed by atoms with van der Waals surface area (Å²) in [5.41, 5.74) is 0.468. The van der Waals surface area contributed by atoms with Crippen molar-refractivity contribution in [2.45, 2.75) is 44.8 Å². The van der Waals surface area contributed by atoms with Crippen LogP contribution in [0.4, 0.5) is 18.9 Å². The Bertz CT molecular complexity index is 1260. The number of aromatic nitrogens is 2. The van der Waals surface area contributed by atoms with Crippen molar-refractivity contribution in [1.82, 2.24) is 9.55 Å². The Balaban J connectivity index is 1.63. The van der Waals surface area contributed by atoms with Crippen molar-refractivity contribution in [1.29, 1.82) is 0 Å². The molecule has 2 heterocycles. The Morgan fingerprint density at radius 3 is 2.70 bits per heavy atom. The number of ether oxygens (including phenoxy) is 1.